The Morgan fingerprint density at radius 2 is 1.88 bits per heavy atom. The van der Waals surface area contributed by atoms with Crippen LogP contribution >= 0.6 is 11.6 Å². The largest absolute Gasteiger partial charge is 0.543 e. The molecule has 7 heteroatoms. The van der Waals surface area contributed by atoms with Gasteiger partial charge in [-0.2, -0.15) is 10.1 Å². The maximum absolute atomic E-state index is 6.42. The van der Waals surface area contributed by atoms with Crippen LogP contribution in [0, 0.1) is 0 Å². The standard InChI is InChI=1S/C18H23ClN4OSi/c1-18(2,3)25(5,6)24-13-9-7-8-12(10-13)15-14-11-20-23(4)16(14)22-17(19)21-15/h7-11H,1-6H3. The summed E-state index contributed by atoms with van der Waals surface area (Å²) in [6, 6.07) is 8.00. The van der Waals surface area contributed by atoms with Gasteiger partial charge < -0.3 is 4.43 Å². The third kappa shape index (κ3) is 3.41. The third-order valence-corrected chi connectivity index (χ3v) is 9.38. The fourth-order valence-electron chi connectivity index (χ4n) is 2.37. The fraction of sp³-hybridized carbons (Fsp3) is 0.389. The van der Waals surface area contributed by atoms with Crippen molar-refractivity contribution < 1.29 is 4.43 Å². The van der Waals surface area contributed by atoms with Crippen molar-refractivity contribution in [1.29, 1.82) is 0 Å². The molecule has 0 saturated heterocycles. The lowest BCUT2D eigenvalue weighted by atomic mass is 10.1. The van der Waals surface area contributed by atoms with E-state index in [0.29, 0.717) is 5.65 Å². The summed E-state index contributed by atoms with van der Waals surface area (Å²) in [4.78, 5) is 8.69. The van der Waals surface area contributed by atoms with Crippen molar-refractivity contribution in [2.24, 2.45) is 7.05 Å². The van der Waals surface area contributed by atoms with E-state index in [1.54, 1.807) is 10.9 Å². The number of fused-ring (bicyclic) bond motifs is 1. The summed E-state index contributed by atoms with van der Waals surface area (Å²) in [6.45, 7) is 11.2. The van der Waals surface area contributed by atoms with Crippen LogP contribution in [-0.4, -0.2) is 28.1 Å². The van der Waals surface area contributed by atoms with Crippen molar-refractivity contribution in [3.8, 4) is 17.0 Å². The van der Waals surface area contributed by atoms with Gasteiger partial charge in [0.15, 0.2) is 5.65 Å². The van der Waals surface area contributed by atoms with Gasteiger partial charge in [0.25, 0.3) is 0 Å². The number of halogens is 1. The first-order valence-corrected chi connectivity index (χ1v) is 11.5. The molecule has 3 aromatic rings. The summed E-state index contributed by atoms with van der Waals surface area (Å²) in [6.07, 6.45) is 1.77. The van der Waals surface area contributed by atoms with Crippen molar-refractivity contribution in [2.45, 2.75) is 38.9 Å². The average Bonchev–Trinajstić information content (AvgIpc) is 2.86. The highest BCUT2D eigenvalue weighted by molar-refractivity contribution is 6.74. The zero-order valence-corrected chi connectivity index (χ0v) is 17.2. The first-order valence-electron chi connectivity index (χ1n) is 8.23. The monoisotopic (exact) mass is 374 g/mol. The van der Waals surface area contributed by atoms with E-state index in [-0.39, 0.29) is 10.3 Å². The molecule has 3 rings (SSSR count). The van der Waals surface area contributed by atoms with E-state index in [0.717, 1.165) is 22.4 Å². The van der Waals surface area contributed by atoms with Crippen molar-refractivity contribution >= 4 is 31.0 Å². The molecule has 2 heterocycles. The molecule has 0 saturated carbocycles. The number of aromatic nitrogens is 4. The second-order valence-electron chi connectivity index (χ2n) is 7.74. The molecule has 132 valence electrons. The Kier molecular flexibility index (Phi) is 4.37. The Balaban J connectivity index is 2.06. The maximum Gasteiger partial charge on any atom is 0.250 e. The van der Waals surface area contributed by atoms with Gasteiger partial charge >= 0.3 is 0 Å². The Labute approximate surface area is 154 Å². The first kappa shape index (κ1) is 17.9. The third-order valence-electron chi connectivity index (χ3n) is 4.85. The summed E-state index contributed by atoms with van der Waals surface area (Å²) < 4.78 is 8.11. The van der Waals surface area contributed by atoms with Crippen molar-refractivity contribution in [3.63, 3.8) is 0 Å². The van der Waals surface area contributed by atoms with E-state index in [1.165, 1.54) is 0 Å². The van der Waals surface area contributed by atoms with Gasteiger partial charge in [-0.05, 0) is 41.9 Å². The van der Waals surface area contributed by atoms with Gasteiger partial charge in [-0.1, -0.05) is 32.9 Å². The van der Waals surface area contributed by atoms with Crippen LogP contribution in [0.25, 0.3) is 22.3 Å². The zero-order chi connectivity index (χ0) is 18.4. The van der Waals surface area contributed by atoms with Gasteiger partial charge in [0.05, 0.1) is 17.3 Å². The van der Waals surface area contributed by atoms with Gasteiger partial charge in [-0.3, -0.25) is 4.68 Å². The summed E-state index contributed by atoms with van der Waals surface area (Å²) in [5.41, 5.74) is 2.42. The molecule has 0 aliphatic carbocycles. The van der Waals surface area contributed by atoms with Crippen LogP contribution in [0.3, 0.4) is 0 Å². The van der Waals surface area contributed by atoms with Crippen molar-refractivity contribution in [3.05, 3.63) is 35.7 Å². The number of hydrogen-bond donors (Lipinski definition) is 0. The predicted octanol–water partition coefficient (Wildman–Crippen LogP) is 5.07. The molecule has 1 aromatic carbocycles. The minimum absolute atomic E-state index is 0.137. The van der Waals surface area contributed by atoms with E-state index in [4.69, 9.17) is 16.0 Å². The zero-order valence-electron chi connectivity index (χ0n) is 15.5. The van der Waals surface area contributed by atoms with Crippen LogP contribution in [0.4, 0.5) is 0 Å². The molecule has 2 aromatic heterocycles. The maximum atomic E-state index is 6.42. The number of aryl methyl sites for hydroxylation is 1. The molecule has 0 fully saturated rings. The highest BCUT2D eigenvalue weighted by Crippen LogP contribution is 2.38. The SMILES string of the molecule is Cn1ncc2c(-c3cccc(O[Si](C)(C)C(C)(C)C)c3)nc(Cl)nc21. The molecule has 0 atom stereocenters. The molecule has 0 unspecified atom stereocenters. The van der Waals surface area contributed by atoms with Crippen LogP contribution in [0.5, 0.6) is 5.75 Å². The summed E-state index contributed by atoms with van der Waals surface area (Å²) >= 11 is 6.12. The Hall–Kier alpha value is -1.92. The van der Waals surface area contributed by atoms with Crippen LogP contribution in [0.15, 0.2) is 30.5 Å². The molecule has 0 amide bonds. The number of benzene rings is 1. The normalized spacial score (nSPS) is 12.6. The van der Waals surface area contributed by atoms with Crippen molar-refractivity contribution in [1.82, 2.24) is 19.7 Å². The fourth-order valence-corrected chi connectivity index (χ4v) is 3.56. The molecule has 5 nitrogen and oxygen atoms in total. The topological polar surface area (TPSA) is 52.8 Å². The minimum atomic E-state index is -1.91. The molecule has 0 aliphatic heterocycles. The minimum Gasteiger partial charge on any atom is -0.543 e. The Bertz CT molecular complexity index is 930. The van der Waals surface area contributed by atoms with E-state index < -0.39 is 8.32 Å². The molecule has 0 bridgehead atoms. The summed E-state index contributed by atoms with van der Waals surface area (Å²) in [5, 5.41) is 5.49. The van der Waals surface area contributed by atoms with E-state index >= 15 is 0 Å². The second-order valence-corrected chi connectivity index (χ2v) is 12.8. The lowest BCUT2D eigenvalue weighted by molar-refractivity contribution is 0.492. The molecule has 25 heavy (non-hydrogen) atoms. The van der Waals surface area contributed by atoms with Crippen LogP contribution in [0.1, 0.15) is 20.8 Å². The van der Waals surface area contributed by atoms with E-state index in [2.05, 4.69) is 48.9 Å². The lowest BCUT2D eigenvalue weighted by Crippen LogP contribution is -2.43. The van der Waals surface area contributed by atoms with Gasteiger partial charge in [0.1, 0.15) is 5.75 Å². The summed E-state index contributed by atoms with van der Waals surface area (Å²) in [5.74, 6) is 0.857. The molecule has 0 N–H and O–H groups in total. The summed E-state index contributed by atoms with van der Waals surface area (Å²) in [7, 11) is -0.0656. The molecule has 0 spiro atoms. The molecular formula is C18H23ClN4OSi. The molecular weight excluding hydrogens is 352 g/mol. The lowest BCUT2D eigenvalue weighted by Gasteiger charge is -2.36. The quantitative estimate of drug-likeness (QED) is 0.474. The van der Waals surface area contributed by atoms with Gasteiger partial charge in [0.2, 0.25) is 13.6 Å². The highest BCUT2D eigenvalue weighted by atomic mass is 35.5. The van der Waals surface area contributed by atoms with E-state index in [1.807, 2.05) is 31.3 Å². The number of rotatable bonds is 3. The highest BCUT2D eigenvalue weighted by Gasteiger charge is 2.39. The van der Waals surface area contributed by atoms with Gasteiger partial charge in [0, 0.05) is 12.6 Å². The second kappa shape index (κ2) is 6.11. The number of nitrogens with zero attached hydrogens (tertiary/aromatic N) is 4. The van der Waals surface area contributed by atoms with Gasteiger partial charge in [-0.15, -0.1) is 0 Å². The first-order chi connectivity index (χ1) is 11.6. The van der Waals surface area contributed by atoms with E-state index in [9.17, 15) is 0 Å². The smallest absolute Gasteiger partial charge is 0.250 e. The van der Waals surface area contributed by atoms with Gasteiger partial charge in [-0.25, -0.2) is 4.98 Å². The van der Waals surface area contributed by atoms with Crippen LogP contribution in [0.2, 0.25) is 23.4 Å². The van der Waals surface area contributed by atoms with Crippen LogP contribution in [-0.2, 0) is 7.05 Å². The molecule has 0 radical (unpaired) electrons. The predicted molar refractivity (Wildman–Crippen MR) is 105 cm³/mol. The van der Waals surface area contributed by atoms with Crippen molar-refractivity contribution in [2.75, 3.05) is 0 Å². The Morgan fingerprint density at radius 1 is 1.16 bits per heavy atom. The molecule has 0 aliphatic rings. The average molecular weight is 375 g/mol. The Morgan fingerprint density at radius 3 is 2.56 bits per heavy atom. The number of hydrogen-bond acceptors (Lipinski definition) is 4. The van der Waals surface area contributed by atoms with Crippen LogP contribution < -0.4 is 4.43 Å².